The highest BCUT2D eigenvalue weighted by Gasteiger charge is 2.27. The van der Waals surface area contributed by atoms with E-state index in [1.807, 2.05) is 13.0 Å². The van der Waals surface area contributed by atoms with Gasteiger partial charge in [-0.15, -0.1) is 0 Å². The molecule has 2 unspecified atom stereocenters. The van der Waals surface area contributed by atoms with E-state index in [4.69, 9.17) is 15.2 Å². The monoisotopic (exact) mass is 278 g/mol. The molecule has 0 aromatic heterocycles. The summed E-state index contributed by atoms with van der Waals surface area (Å²) in [6.07, 6.45) is 1.12. The van der Waals surface area contributed by atoms with Crippen LogP contribution >= 0.6 is 0 Å². The molecule has 0 radical (unpaired) electrons. The number of anilines is 2. The van der Waals surface area contributed by atoms with Gasteiger partial charge in [0, 0.05) is 6.54 Å². The van der Waals surface area contributed by atoms with Crippen LogP contribution < -0.4 is 10.6 Å². The Morgan fingerprint density at radius 3 is 2.95 bits per heavy atom. The molecule has 0 aliphatic carbocycles. The highest BCUT2D eigenvalue weighted by atomic mass is 16.5. The minimum Gasteiger partial charge on any atom is -0.465 e. The van der Waals surface area contributed by atoms with Crippen LogP contribution in [-0.2, 0) is 9.47 Å². The number of nitrogens with zero attached hydrogens (tertiary/aromatic N) is 1. The average molecular weight is 278 g/mol. The molecule has 5 nitrogen and oxygen atoms in total. The third-order valence-electron chi connectivity index (χ3n) is 3.70. The number of nitrogens with two attached hydrogens (primary N) is 1. The van der Waals surface area contributed by atoms with Gasteiger partial charge < -0.3 is 20.1 Å². The maximum Gasteiger partial charge on any atom is 0.337 e. The lowest BCUT2D eigenvalue weighted by atomic mass is 10.1. The SMILES string of the molecule is CCC1COC(C)CN1c1cc(C(=O)OC)ccc1N. The third kappa shape index (κ3) is 2.88. The number of methoxy groups -OCH3 is 1. The summed E-state index contributed by atoms with van der Waals surface area (Å²) in [5.74, 6) is -0.347. The van der Waals surface area contributed by atoms with E-state index in [2.05, 4.69) is 11.8 Å². The Bertz CT molecular complexity index is 490. The Hall–Kier alpha value is -1.75. The van der Waals surface area contributed by atoms with Gasteiger partial charge in [0.05, 0.1) is 42.8 Å². The van der Waals surface area contributed by atoms with E-state index < -0.39 is 0 Å². The van der Waals surface area contributed by atoms with Gasteiger partial charge in [0.25, 0.3) is 0 Å². The maximum atomic E-state index is 11.7. The summed E-state index contributed by atoms with van der Waals surface area (Å²) in [7, 11) is 1.38. The quantitative estimate of drug-likeness (QED) is 0.677. The van der Waals surface area contributed by atoms with E-state index in [0.29, 0.717) is 17.9 Å². The molecule has 1 aromatic rings. The largest absolute Gasteiger partial charge is 0.465 e. The van der Waals surface area contributed by atoms with Gasteiger partial charge in [0.15, 0.2) is 0 Å². The topological polar surface area (TPSA) is 64.8 Å². The molecule has 1 heterocycles. The molecule has 0 saturated carbocycles. The Balaban J connectivity index is 2.36. The summed E-state index contributed by atoms with van der Waals surface area (Å²) < 4.78 is 10.5. The molecule has 1 aliphatic heterocycles. The van der Waals surface area contributed by atoms with Crippen molar-refractivity contribution >= 4 is 17.3 Å². The molecular formula is C15H22N2O3. The van der Waals surface area contributed by atoms with Gasteiger partial charge in [-0.2, -0.15) is 0 Å². The van der Waals surface area contributed by atoms with Gasteiger partial charge in [-0.05, 0) is 31.5 Å². The Kier molecular flexibility index (Phi) is 4.49. The fraction of sp³-hybridized carbons (Fsp3) is 0.533. The summed E-state index contributed by atoms with van der Waals surface area (Å²) >= 11 is 0. The minimum atomic E-state index is -0.347. The first-order valence-electron chi connectivity index (χ1n) is 6.92. The Morgan fingerprint density at radius 2 is 2.30 bits per heavy atom. The van der Waals surface area contributed by atoms with E-state index in [9.17, 15) is 4.79 Å². The number of carbonyl (C=O) groups excluding carboxylic acids is 1. The molecule has 1 fully saturated rings. The number of morpholine rings is 1. The van der Waals surface area contributed by atoms with Gasteiger partial charge in [-0.1, -0.05) is 6.92 Å². The lowest BCUT2D eigenvalue weighted by Gasteiger charge is -2.40. The van der Waals surface area contributed by atoms with E-state index in [1.165, 1.54) is 7.11 Å². The average Bonchev–Trinajstić information content (AvgIpc) is 2.47. The summed E-state index contributed by atoms with van der Waals surface area (Å²) in [6.45, 7) is 5.61. The van der Waals surface area contributed by atoms with Gasteiger partial charge in [-0.3, -0.25) is 0 Å². The molecule has 1 aromatic carbocycles. The fourth-order valence-corrected chi connectivity index (χ4v) is 2.51. The van der Waals surface area contributed by atoms with Crippen molar-refractivity contribution in [1.29, 1.82) is 0 Å². The molecule has 0 bridgehead atoms. The summed E-state index contributed by atoms with van der Waals surface area (Å²) in [5.41, 5.74) is 8.16. The number of esters is 1. The molecule has 110 valence electrons. The molecule has 2 atom stereocenters. The van der Waals surface area contributed by atoms with Gasteiger partial charge in [-0.25, -0.2) is 4.79 Å². The molecule has 5 heteroatoms. The van der Waals surface area contributed by atoms with Crippen molar-refractivity contribution in [2.24, 2.45) is 0 Å². The van der Waals surface area contributed by atoms with Crippen LogP contribution in [0.2, 0.25) is 0 Å². The standard InChI is InChI=1S/C15H22N2O3/c1-4-12-9-20-10(2)8-17(12)14-7-11(15(18)19-3)5-6-13(14)16/h5-7,10,12H,4,8-9,16H2,1-3H3. The Labute approximate surface area is 119 Å². The first-order chi connectivity index (χ1) is 9.56. The van der Waals surface area contributed by atoms with Crippen molar-refractivity contribution in [3.63, 3.8) is 0 Å². The van der Waals surface area contributed by atoms with Crippen LogP contribution in [0.15, 0.2) is 18.2 Å². The summed E-state index contributed by atoms with van der Waals surface area (Å²) in [6, 6.07) is 5.53. The number of ether oxygens (including phenoxy) is 2. The molecule has 1 aliphatic rings. The molecule has 2 rings (SSSR count). The third-order valence-corrected chi connectivity index (χ3v) is 3.70. The van der Waals surface area contributed by atoms with Crippen LogP contribution in [0, 0.1) is 0 Å². The second-order valence-electron chi connectivity index (χ2n) is 5.12. The van der Waals surface area contributed by atoms with Crippen LogP contribution in [-0.4, -0.2) is 38.4 Å². The van der Waals surface area contributed by atoms with E-state index in [1.54, 1.807) is 12.1 Å². The summed E-state index contributed by atoms with van der Waals surface area (Å²) in [4.78, 5) is 13.9. The van der Waals surface area contributed by atoms with E-state index in [0.717, 1.165) is 18.7 Å². The van der Waals surface area contributed by atoms with E-state index in [-0.39, 0.29) is 18.1 Å². The van der Waals surface area contributed by atoms with Crippen LogP contribution in [0.3, 0.4) is 0 Å². The number of carbonyl (C=O) groups is 1. The second kappa shape index (κ2) is 6.13. The first-order valence-corrected chi connectivity index (χ1v) is 6.92. The van der Waals surface area contributed by atoms with Crippen LogP contribution in [0.5, 0.6) is 0 Å². The normalized spacial score (nSPS) is 22.6. The van der Waals surface area contributed by atoms with Gasteiger partial charge in [0.2, 0.25) is 0 Å². The van der Waals surface area contributed by atoms with Crippen molar-refractivity contribution in [1.82, 2.24) is 0 Å². The number of rotatable bonds is 3. The zero-order valence-corrected chi connectivity index (χ0v) is 12.3. The number of hydrogen-bond donors (Lipinski definition) is 1. The minimum absolute atomic E-state index is 0.152. The lowest BCUT2D eigenvalue weighted by Crippen LogP contribution is -2.49. The molecule has 0 amide bonds. The molecular weight excluding hydrogens is 256 g/mol. The molecule has 0 spiro atoms. The highest BCUT2D eigenvalue weighted by Crippen LogP contribution is 2.30. The number of nitrogen functional groups attached to an aromatic ring is 1. The predicted octanol–water partition coefficient (Wildman–Crippen LogP) is 2.06. The number of benzene rings is 1. The van der Waals surface area contributed by atoms with Crippen LogP contribution in [0.1, 0.15) is 30.6 Å². The van der Waals surface area contributed by atoms with Gasteiger partial charge >= 0.3 is 5.97 Å². The maximum absolute atomic E-state index is 11.7. The van der Waals surface area contributed by atoms with Crippen LogP contribution in [0.4, 0.5) is 11.4 Å². The van der Waals surface area contributed by atoms with Crippen molar-refractivity contribution < 1.29 is 14.3 Å². The predicted molar refractivity (Wildman–Crippen MR) is 79.0 cm³/mol. The fourth-order valence-electron chi connectivity index (χ4n) is 2.51. The zero-order chi connectivity index (χ0) is 14.7. The summed E-state index contributed by atoms with van der Waals surface area (Å²) in [5, 5.41) is 0. The van der Waals surface area contributed by atoms with Crippen molar-refractivity contribution in [2.45, 2.75) is 32.4 Å². The number of hydrogen-bond acceptors (Lipinski definition) is 5. The Morgan fingerprint density at radius 1 is 1.55 bits per heavy atom. The van der Waals surface area contributed by atoms with Crippen molar-refractivity contribution in [3.8, 4) is 0 Å². The van der Waals surface area contributed by atoms with Crippen molar-refractivity contribution in [3.05, 3.63) is 23.8 Å². The highest BCUT2D eigenvalue weighted by molar-refractivity contribution is 5.92. The molecule has 2 N–H and O–H groups in total. The smallest absolute Gasteiger partial charge is 0.337 e. The van der Waals surface area contributed by atoms with Crippen LogP contribution in [0.25, 0.3) is 0 Å². The van der Waals surface area contributed by atoms with E-state index >= 15 is 0 Å². The van der Waals surface area contributed by atoms with Gasteiger partial charge in [0.1, 0.15) is 0 Å². The molecule has 20 heavy (non-hydrogen) atoms. The van der Waals surface area contributed by atoms with Crippen molar-refractivity contribution in [2.75, 3.05) is 30.9 Å². The molecule has 1 saturated heterocycles. The lowest BCUT2D eigenvalue weighted by molar-refractivity contribution is 0.0300. The zero-order valence-electron chi connectivity index (χ0n) is 12.3. The second-order valence-corrected chi connectivity index (χ2v) is 5.12. The first kappa shape index (κ1) is 14.7.